The summed E-state index contributed by atoms with van der Waals surface area (Å²) in [6.07, 6.45) is 3.17. The smallest absolute Gasteiger partial charge is 0.0897 e. The number of hydrogen-bond donors (Lipinski definition) is 1. The molecule has 0 atom stereocenters. The second-order valence-electron chi connectivity index (χ2n) is 4.47. The Morgan fingerprint density at radius 1 is 1.50 bits per heavy atom. The van der Waals surface area contributed by atoms with Crippen LogP contribution in [0.25, 0.3) is 0 Å². The summed E-state index contributed by atoms with van der Waals surface area (Å²) in [5.41, 5.74) is 0.403. The van der Waals surface area contributed by atoms with Crippen molar-refractivity contribution in [2.24, 2.45) is 5.41 Å². The molecule has 0 aromatic carbocycles. The van der Waals surface area contributed by atoms with Gasteiger partial charge in [0.25, 0.3) is 0 Å². The van der Waals surface area contributed by atoms with Gasteiger partial charge in [0.05, 0.1) is 5.01 Å². The first-order valence-electron chi connectivity index (χ1n) is 5.15. The van der Waals surface area contributed by atoms with Crippen molar-refractivity contribution in [1.82, 2.24) is 10.3 Å². The lowest BCUT2D eigenvalue weighted by Crippen LogP contribution is -2.28. The highest BCUT2D eigenvalue weighted by atomic mass is 32.1. The number of aromatic nitrogens is 1. The van der Waals surface area contributed by atoms with Crippen LogP contribution in [0.2, 0.25) is 0 Å². The second kappa shape index (κ2) is 4.89. The minimum atomic E-state index is 0.403. The van der Waals surface area contributed by atoms with Crippen LogP contribution in [-0.4, -0.2) is 11.5 Å². The summed E-state index contributed by atoms with van der Waals surface area (Å²) in [6, 6.07) is 0. The Balaban J connectivity index is 2.28. The van der Waals surface area contributed by atoms with E-state index in [1.54, 1.807) is 11.3 Å². The molecule has 14 heavy (non-hydrogen) atoms. The van der Waals surface area contributed by atoms with Gasteiger partial charge in [-0.3, -0.25) is 0 Å². The van der Waals surface area contributed by atoms with Crippen molar-refractivity contribution >= 4 is 11.3 Å². The van der Waals surface area contributed by atoms with Crippen molar-refractivity contribution in [3.8, 4) is 0 Å². The number of thiazole rings is 1. The van der Waals surface area contributed by atoms with Gasteiger partial charge in [-0.25, -0.2) is 4.98 Å². The summed E-state index contributed by atoms with van der Waals surface area (Å²) in [5, 5.41) is 4.63. The molecule has 0 aliphatic heterocycles. The van der Waals surface area contributed by atoms with Gasteiger partial charge >= 0.3 is 0 Å². The van der Waals surface area contributed by atoms with E-state index in [-0.39, 0.29) is 0 Å². The zero-order chi connectivity index (χ0) is 10.6. The van der Waals surface area contributed by atoms with Crippen LogP contribution in [0.3, 0.4) is 0 Å². The number of rotatable bonds is 5. The van der Waals surface area contributed by atoms with E-state index in [1.807, 2.05) is 13.1 Å². The van der Waals surface area contributed by atoms with Crippen molar-refractivity contribution in [1.29, 1.82) is 0 Å². The molecule has 1 aromatic rings. The van der Waals surface area contributed by atoms with Gasteiger partial charge in [-0.1, -0.05) is 20.8 Å². The van der Waals surface area contributed by atoms with Crippen LogP contribution >= 0.6 is 11.3 Å². The van der Waals surface area contributed by atoms with Gasteiger partial charge in [-0.05, 0) is 18.8 Å². The van der Waals surface area contributed by atoms with E-state index in [0.717, 1.165) is 18.1 Å². The van der Waals surface area contributed by atoms with Crippen molar-refractivity contribution in [2.75, 3.05) is 6.54 Å². The van der Waals surface area contributed by atoms with E-state index in [0.29, 0.717) is 5.41 Å². The number of aryl methyl sites for hydroxylation is 1. The van der Waals surface area contributed by atoms with Crippen LogP contribution in [-0.2, 0) is 6.54 Å². The van der Waals surface area contributed by atoms with Crippen LogP contribution < -0.4 is 5.32 Å². The molecule has 0 spiro atoms. The normalized spacial score (nSPS) is 12.0. The van der Waals surface area contributed by atoms with E-state index in [4.69, 9.17) is 0 Å². The van der Waals surface area contributed by atoms with Gasteiger partial charge in [0.15, 0.2) is 0 Å². The van der Waals surface area contributed by atoms with E-state index in [1.165, 1.54) is 11.3 Å². The minimum absolute atomic E-state index is 0.403. The lowest BCUT2D eigenvalue weighted by atomic mass is 9.90. The quantitative estimate of drug-likeness (QED) is 0.811. The average molecular weight is 212 g/mol. The Morgan fingerprint density at radius 2 is 2.21 bits per heavy atom. The lowest BCUT2D eigenvalue weighted by Gasteiger charge is -2.22. The Hall–Kier alpha value is -0.410. The lowest BCUT2D eigenvalue weighted by molar-refractivity contribution is 0.328. The summed E-state index contributed by atoms with van der Waals surface area (Å²) in [5.74, 6) is 0. The van der Waals surface area contributed by atoms with E-state index < -0.39 is 0 Å². The summed E-state index contributed by atoms with van der Waals surface area (Å²) in [4.78, 5) is 5.56. The van der Waals surface area contributed by atoms with Crippen molar-refractivity contribution in [2.45, 2.75) is 40.7 Å². The molecule has 0 unspecified atom stereocenters. The first-order valence-corrected chi connectivity index (χ1v) is 5.97. The van der Waals surface area contributed by atoms with E-state index in [9.17, 15) is 0 Å². The molecule has 0 aliphatic carbocycles. The minimum Gasteiger partial charge on any atom is -0.311 e. The molecule has 1 heterocycles. The molecule has 0 radical (unpaired) electrons. The standard InChI is InChI=1S/C11H20N2S/c1-5-11(3,4)8-12-6-10-7-13-9(2)14-10/h7,12H,5-6,8H2,1-4H3. The Labute approximate surface area is 90.8 Å². The molecule has 0 fully saturated rings. The molecule has 2 nitrogen and oxygen atoms in total. The highest BCUT2D eigenvalue weighted by Gasteiger charge is 2.13. The molecule has 80 valence electrons. The van der Waals surface area contributed by atoms with Crippen molar-refractivity contribution in [3.05, 3.63) is 16.1 Å². The predicted molar refractivity (Wildman–Crippen MR) is 62.6 cm³/mol. The maximum Gasteiger partial charge on any atom is 0.0897 e. The van der Waals surface area contributed by atoms with Crippen molar-refractivity contribution in [3.63, 3.8) is 0 Å². The highest BCUT2D eigenvalue weighted by molar-refractivity contribution is 7.11. The van der Waals surface area contributed by atoms with Crippen LogP contribution in [0.15, 0.2) is 6.20 Å². The zero-order valence-electron chi connectivity index (χ0n) is 9.55. The Kier molecular flexibility index (Phi) is 4.08. The molecular formula is C11H20N2S. The molecule has 0 bridgehead atoms. The maximum absolute atomic E-state index is 4.23. The van der Waals surface area contributed by atoms with Gasteiger partial charge in [-0.15, -0.1) is 11.3 Å². The first kappa shape index (κ1) is 11.7. The summed E-state index contributed by atoms with van der Waals surface area (Å²) in [6.45, 7) is 10.9. The van der Waals surface area contributed by atoms with E-state index >= 15 is 0 Å². The first-order chi connectivity index (χ1) is 6.53. The second-order valence-corrected chi connectivity index (χ2v) is 5.79. The molecule has 0 saturated carbocycles. The SMILES string of the molecule is CCC(C)(C)CNCc1cnc(C)s1. The van der Waals surface area contributed by atoms with E-state index in [2.05, 4.69) is 31.1 Å². The third-order valence-corrected chi connectivity index (χ3v) is 3.44. The van der Waals surface area contributed by atoms with Gasteiger partial charge in [0, 0.05) is 24.2 Å². The fourth-order valence-corrected chi connectivity index (χ4v) is 1.90. The van der Waals surface area contributed by atoms with Crippen LogP contribution in [0.4, 0.5) is 0 Å². The van der Waals surface area contributed by atoms with Crippen LogP contribution in [0, 0.1) is 12.3 Å². The fraction of sp³-hybridized carbons (Fsp3) is 0.727. The summed E-state index contributed by atoms with van der Waals surface area (Å²) >= 11 is 1.77. The fourth-order valence-electron chi connectivity index (χ4n) is 1.14. The average Bonchev–Trinajstić information content (AvgIpc) is 2.51. The van der Waals surface area contributed by atoms with Gasteiger partial charge in [0.1, 0.15) is 0 Å². The molecule has 3 heteroatoms. The maximum atomic E-state index is 4.23. The Bertz CT molecular complexity index is 279. The molecular weight excluding hydrogens is 192 g/mol. The number of hydrogen-bond acceptors (Lipinski definition) is 3. The van der Waals surface area contributed by atoms with Gasteiger partial charge in [-0.2, -0.15) is 0 Å². The molecule has 0 amide bonds. The molecule has 0 saturated heterocycles. The van der Waals surface area contributed by atoms with Crippen LogP contribution in [0.5, 0.6) is 0 Å². The molecule has 1 rings (SSSR count). The topological polar surface area (TPSA) is 24.9 Å². The van der Waals surface area contributed by atoms with Gasteiger partial charge in [0.2, 0.25) is 0 Å². The molecule has 0 aliphatic rings. The predicted octanol–water partition coefficient (Wildman–Crippen LogP) is 2.98. The summed E-state index contributed by atoms with van der Waals surface area (Å²) in [7, 11) is 0. The number of nitrogens with zero attached hydrogens (tertiary/aromatic N) is 1. The van der Waals surface area contributed by atoms with Crippen LogP contribution in [0.1, 0.15) is 37.1 Å². The highest BCUT2D eigenvalue weighted by Crippen LogP contribution is 2.18. The monoisotopic (exact) mass is 212 g/mol. The van der Waals surface area contributed by atoms with Gasteiger partial charge < -0.3 is 5.32 Å². The third kappa shape index (κ3) is 3.76. The Morgan fingerprint density at radius 3 is 2.71 bits per heavy atom. The number of nitrogens with one attached hydrogen (secondary N) is 1. The van der Waals surface area contributed by atoms with Crippen molar-refractivity contribution < 1.29 is 0 Å². The largest absolute Gasteiger partial charge is 0.311 e. The molecule has 1 aromatic heterocycles. The zero-order valence-corrected chi connectivity index (χ0v) is 10.4. The summed E-state index contributed by atoms with van der Waals surface area (Å²) < 4.78 is 0. The third-order valence-electron chi connectivity index (χ3n) is 2.53. The molecule has 1 N–H and O–H groups in total.